The standard InChI is InChI=1S/C13H18BrN3O2/c1-3-16(4-2)5-6-17-11-7-10(14)8-15-13(11)19-9-12(17)18/h7-8H,3-6,9H2,1-2H3. The molecule has 0 atom stereocenters. The maximum Gasteiger partial charge on any atom is 0.265 e. The fourth-order valence-corrected chi connectivity index (χ4v) is 2.41. The van der Waals surface area contributed by atoms with E-state index >= 15 is 0 Å². The van der Waals surface area contributed by atoms with Crippen LogP contribution < -0.4 is 9.64 Å². The number of anilines is 1. The summed E-state index contributed by atoms with van der Waals surface area (Å²) in [4.78, 5) is 20.2. The molecular formula is C13H18BrN3O2. The molecule has 5 nitrogen and oxygen atoms in total. The Morgan fingerprint density at radius 2 is 2.21 bits per heavy atom. The lowest BCUT2D eigenvalue weighted by Crippen LogP contribution is -2.43. The summed E-state index contributed by atoms with van der Waals surface area (Å²) in [5.41, 5.74) is 0.748. The molecule has 1 amide bonds. The molecule has 0 bridgehead atoms. The monoisotopic (exact) mass is 327 g/mol. The Bertz CT molecular complexity index is 463. The molecule has 2 rings (SSSR count). The van der Waals surface area contributed by atoms with Crippen LogP contribution in [0.3, 0.4) is 0 Å². The fourth-order valence-electron chi connectivity index (χ4n) is 2.09. The molecule has 0 aliphatic carbocycles. The van der Waals surface area contributed by atoms with E-state index in [0.29, 0.717) is 12.4 Å². The third-order valence-electron chi connectivity index (χ3n) is 3.26. The van der Waals surface area contributed by atoms with E-state index in [1.54, 1.807) is 11.1 Å². The van der Waals surface area contributed by atoms with Gasteiger partial charge in [0.25, 0.3) is 5.91 Å². The van der Waals surface area contributed by atoms with Crippen molar-refractivity contribution in [1.82, 2.24) is 9.88 Å². The Morgan fingerprint density at radius 3 is 2.89 bits per heavy atom. The molecule has 6 heteroatoms. The van der Waals surface area contributed by atoms with E-state index in [-0.39, 0.29) is 12.5 Å². The number of carbonyl (C=O) groups excluding carboxylic acids is 1. The van der Waals surface area contributed by atoms with E-state index < -0.39 is 0 Å². The number of pyridine rings is 1. The zero-order valence-electron chi connectivity index (χ0n) is 11.2. The number of likely N-dealkylation sites (N-methyl/N-ethyl adjacent to an activating group) is 1. The van der Waals surface area contributed by atoms with Crippen molar-refractivity contribution >= 4 is 27.5 Å². The van der Waals surface area contributed by atoms with E-state index in [1.165, 1.54) is 0 Å². The summed E-state index contributed by atoms with van der Waals surface area (Å²) >= 11 is 3.38. The number of hydrogen-bond acceptors (Lipinski definition) is 4. The second kappa shape index (κ2) is 6.34. The van der Waals surface area contributed by atoms with Crippen LogP contribution in [0.25, 0.3) is 0 Å². The van der Waals surface area contributed by atoms with Crippen molar-refractivity contribution in [3.8, 4) is 5.88 Å². The molecule has 0 saturated carbocycles. The van der Waals surface area contributed by atoms with Crippen molar-refractivity contribution < 1.29 is 9.53 Å². The van der Waals surface area contributed by atoms with Gasteiger partial charge in [-0.1, -0.05) is 13.8 Å². The molecule has 19 heavy (non-hydrogen) atoms. The number of amides is 1. The molecule has 1 aliphatic rings. The molecule has 1 aromatic heterocycles. The van der Waals surface area contributed by atoms with E-state index in [4.69, 9.17) is 4.74 Å². The first-order chi connectivity index (χ1) is 9.15. The first-order valence-corrected chi connectivity index (χ1v) is 7.26. The molecule has 0 radical (unpaired) electrons. The predicted molar refractivity (Wildman–Crippen MR) is 77.6 cm³/mol. The van der Waals surface area contributed by atoms with E-state index in [0.717, 1.165) is 29.8 Å². The minimum Gasteiger partial charge on any atom is -0.466 e. The van der Waals surface area contributed by atoms with Gasteiger partial charge in [-0.3, -0.25) is 4.79 Å². The SMILES string of the molecule is CCN(CC)CCN1C(=O)COc2ncc(Br)cc21. The summed E-state index contributed by atoms with van der Waals surface area (Å²) in [6.07, 6.45) is 1.68. The van der Waals surface area contributed by atoms with E-state index in [2.05, 4.69) is 39.7 Å². The first-order valence-electron chi connectivity index (χ1n) is 6.46. The number of rotatable bonds is 5. The highest BCUT2D eigenvalue weighted by molar-refractivity contribution is 9.10. The number of fused-ring (bicyclic) bond motifs is 1. The molecule has 1 aromatic rings. The van der Waals surface area contributed by atoms with Gasteiger partial charge >= 0.3 is 0 Å². The van der Waals surface area contributed by atoms with Crippen LogP contribution in [0.5, 0.6) is 5.88 Å². The number of aromatic nitrogens is 1. The zero-order valence-corrected chi connectivity index (χ0v) is 12.8. The Kier molecular flexibility index (Phi) is 4.76. The van der Waals surface area contributed by atoms with Gasteiger partial charge < -0.3 is 14.5 Å². The summed E-state index contributed by atoms with van der Waals surface area (Å²) in [7, 11) is 0. The van der Waals surface area contributed by atoms with Gasteiger partial charge in [0.15, 0.2) is 6.61 Å². The van der Waals surface area contributed by atoms with Gasteiger partial charge in [-0.15, -0.1) is 0 Å². The van der Waals surface area contributed by atoms with E-state index in [1.807, 2.05) is 6.07 Å². The van der Waals surface area contributed by atoms with Crippen molar-refractivity contribution in [2.45, 2.75) is 13.8 Å². The van der Waals surface area contributed by atoms with Gasteiger partial charge in [0.1, 0.15) is 5.69 Å². The van der Waals surface area contributed by atoms with Crippen molar-refractivity contribution in [2.75, 3.05) is 37.7 Å². The smallest absolute Gasteiger partial charge is 0.265 e. The number of carbonyl (C=O) groups is 1. The molecule has 0 spiro atoms. The van der Waals surface area contributed by atoms with Crippen LogP contribution in [0.1, 0.15) is 13.8 Å². The van der Waals surface area contributed by atoms with Gasteiger partial charge in [0.2, 0.25) is 5.88 Å². The average molecular weight is 328 g/mol. The third-order valence-corrected chi connectivity index (χ3v) is 3.69. The van der Waals surface area contributed by atoms with Gasteiger partial charge in [-0.05, 0) is 35.1 Å². The third kappa shape index (κ3) is 3.25. The van der Waals surface area contributed by atoms with Crippen molar-refractivity contribution in [2.24, 2.45) is 0 Å². The zero-order chi connectivity index (χ0) is 13.8. The summed E-state index contributed by atoms with van der Waals surface area (Å²) in [6.45, 7) is 7.80. The van der Waals surface area contributed by atoms with Crippen LogP contribution in [0, 0.1) is 0 Å². The fraction of sp³-hybridized carbons (Fsp3) is 0.538. The second-order valence-electron chi connectivity index (χ2n) is 4.34. The van der Waals surface area contributed by atoms with Gasteiger partial charge in [-0.25, -0.2) is 4.98 Å². The van der Waals surface area contributed by atoms with Crippen LogP contribution >= 0.6 is 15.9 Å². The molecule has 0 aromatic carbocycles. The van der Waals surface area contributed by atoms with Crippen LogP contribution in [0.4, 0.5) is 5.69 Å². The number of nitrogens with zero attached hydrogens (tertiary/aromatic N) is 3. The summed E-state index contributed by atoms with van der Waals surface area (Å²) in [6, 6.07) is 1.88. The van der Waals surface area contributed by atoms with E-state index in [9.17, 15) is 4.79 Å². The molecular weight excluding hydrogens is 310 g/mol. The molecule has 0 N–H and O–H groups in total. The van der Waals surface area contributed by atoms with Crippen LogP contribution in [0.2, 0.25) is 0 Å². The minimum absolute atomic E-state index is 0.0143. The summed E-state index contributed by atoms with van der Waals surface area (Å²) in [5, 5.41) is 0. The average Bonchev–Trinajstić information content (AvgIpc) is 2.42. The summed E-state index contributed by atoms with van der Waals surface area (Å²) in [5.74, 6) is 0.516. The topological polar surface area (TPSA) is 45.7 Å². The molecule has 0 saturated heterocycles. The lowest BCUT2D eigenvalue weighted by molar-refractivity contribution is -0.121. The Balaban J connectivity index is 2.16. The van der Waals surface area contributed by atoms with Crippen LogP contribution in [-0.4, -0.2) is 48.6 Å². The van der Waals surface area contributed by atoms with Gasteiger partial charge in [0, 0.05) is 23.8 Å². The van der Waals surface area contributed by atoms with Gasteiger partial charge in [-0.2, -0.15) is 0 Å². The first kappa shape index (κ1) is 14.3. The lowest BCUT2D eigenvalue weighted by atomic mass is 10.3. The number of ether oxygens (including phenoxy) is 1. The minimum atomic E-state index is -0.0143. The molecule has 104 valence electrons. The highest BCUT2D eigenvalue weighted by atomic mass is 79.9. The Labute approximate surface area is 121 Å². The summed E-state index contributed by atoms with van der Waals surface area (Å²) < 4.78 is 6.19. The maximum atomic E-state index is 12.0. The lowest BCUT2D eigenvalue weighted by Gasteiger charge is -2.30. The molecule has 0 fully saturated rings. The van der Waals surface area contributed by atoms with Crippen molar-refractivity contribution in [3.05, 3.63) is 16.7 Å². The molecule has 2 heterocycles. The highest BCUT2D eigenvalue weighted by Gasteiger charge is 2.26. The largest absolute Gasteiger partial charge is 0.466 e. The van der Waals surface area contributed by atoms with Crippen molar-refractivity contribution in [3.63, 3.8) is 0 Å². The maximum absolute atomic E-state index is 12.0. The molecule has 1 aliphatic heterocycles. The van der Waals surface area contributed by atoms with Crippen LogP contribution in [-0.2, 0) is 4.79 Å². The highest BCUT2D eigenvalue weighted by Crippen LogP contribution is 2.31. The second-order valence-corrected chi connectivity index (χ2v) is 5.25. The van der Waals surface area contributed by atoms with Crippen LogP contribution in [0.15, 0.2) is 16.7 Å². The normalized spacial score (nSPS) is 14.5. The quantitative estimate of drug-likeness (QED) is 0.828. The predicted octanol–water partition coefficient (Wildman–Crippen LogP) is 1.91. The number of halogens is 1. The Morgan fingerprint density at radius 1 is 1.47 bits per heavy atom. The van der Waals surface area contributed by atoms with Crippen molar-refractivity contribution in [1.29, 1.82) is 0 Å². The molecule has 0 unspecified atom stereocenters. The Hall–Kier alpha value is -1.14. The van der Waals surface area contributed by atoms with Gasteiger partial charge in [0.05, 0.1) is 0 Å². The number of hydrogen-bond donors (Lipinski definition) is 0.